The topological polar surface area (TPSA) is 140 Å². The Morgan fingerprint density at radius 1 is 1.48 bits per heavy atom. The molecule has 11 heteroatoms. The van der Waals surface area contributed by atoms with Crippen LogP contribution in [0.25, 0.3) is 0 Å². The number of nitro groups is 1. The van der Waals surface area contributed by atoms with E-state index in [2.05, 4.69) is 25.8 Å². The summed E-state index contributed by atoms with van der Waals surface area (Å²) < 4.78 is 6.76. The number of aromatic nitrogens is 4. The summed E-state index contributed by atoms with van der Waals surface area (Å²) in [6.45, 7) is 0.277. The third kappa shape index (κ3) is 4.34. The molecule has 0 atom stereocenters. The van der Waals surface area contributed by atoms with Crippen LogP contribution in [-0.2, 0) is 6.54 Å². The van der Waals surface area contributed by atoms with Crippen molar-refractivity contribution in [3.8, 4) is 5.75 Å². The molecular formula is C16H15N7O4. The predicted octanol–water partition coefficient (Wildman–Crippen LogP) is 1.34. The Labute approximate surface area is 152 Å². The van der Waals surface area contributed by atoms with Crippen LogP contribution in [0.4, 0.5) is 5.69 Å². The van der Waals surface area contributed by atoms with Gasteiger partial charge in [0.1, 0.15) is 23.8 Å². The van der Waals surface area contributed by atoms with Crippen LogP contribution in [0, 0.1) is 10.1 Å². The number of nitrogens with zero attached hydrogens (tertiary/aromatic N) is 5. The first-order chi connectivity index (χ1) is 13.1. The number of rotatable bonds is 7. The molecule has 0 radical (unpaired) electrons. The van der Waals surface area contributed by atoms with Gasteiger partial charge in [-0.3, -0.25) is 24.7 Å². The van der Waals surface area contributed by atoms with Crippen LogP contribution < -0.4 is 10.2 Å². The molecule has 0 saturated heterocycles. The van der Waals surface area contributed by atoms with Crippen molar-refractivity contribution < 1.29 is 14.5 Å². The summed E-state index contributed by atoms with van der Waals surface area (Å²) in [7, 11) is 1.53. The lowest BCUT2D eigenvalue weighted by Gasteiger charge is -2.09. The Balaban J connectivity index is 1.73. The van der Waals surface area contributed by atoms with Crippen LogP contribution in [0.1, 0.15) is 21.6 Å². The molecule has 0 spiro atoms. The van der Waals surface area contributed by atoms with Crippen LogP contribution in [-0.4, -0.2) is 44.1 Å². The summed E-state index contributed by atoms with van der Waals surface area (Å²) in [5, 5.41) is 24.9. The molecule has 2 N–H and O–H groups in total. The average Bonchev–Trinajstić information content (AvgIpc) is 3.34. The van der Waals surface area contributed by atoms with Crippen molar-refractivity contribution in [2.24, 2.45) is 5.10 Å². The average molecular weight is 369 g/mol. The van der Waals surface area contributed by atoms with Crippen molar-refractivity contribution in [1.29, 1.82) is 0 Å². The van der Waals surface area contributed by atoms with E-state index in [0.29, 0.717) is 17.0 Å². The Kier molecular flexibility index (Phi) is 5.21. The van der Waals surface area contributed by atoms with Gasteiger partial charge in [-0.1, -0.05) is 0 Å². The number of hydrogen-bond donors (Lipinski definition) is 2. The number of nitrogens with one attached hydrogen (secondary N) is 2. The summed E-state index contributed by atoms with van der Waals surface area (Å²) in [5.41, 5.74) is 4.04. The van der Waals surface area contributed by atoms with Gasteiger partial charge in [0.2, 0.25) is 0 Å². The number of carbonyl (C=O) groups is 1. The lowest BCUT2D eigenvalue weighted by Crippen LogP contribution is -2.18. The quantitative estimate of drug-likeness (QED) is 0.366. The third-order valence-corrected chi connectivity index (χ3v) is 3.59. The van der Waals surface area contributed by atoms with Crippen molar-refractivity contribution in [3.05, 3.63) is 69.8 Å². The van der Waals surface area contributed by atoms with Gasteiger partial charge in [0.05, 0.1) is 24.8 Å². The van der Waals surface area contributed by atoms with Crippen molar-refractivity contribution in [2.75, 3.05) is 7.11 Å². The SMILES string of the molecule is COc1ccc(C=NNC(=O)c2ccn[nH]2)cc1Cn1cc([N+](=O)[O-])cn1. The Bertz CT molecular complexity index is 979. The predicted molar refractivity (Wildman–Crippen MR) is 94.6 cm³/mol. The largest absolute Gasteiger partial charge is 0.496 e. The van der Waals surface area contributed by atoms with Gasteiger partial charge in [-0.15, -0.1) is 0 Å². The van der Waals surface area contributed by atoms with Gasteiger partial charge < -0.3 is 4.74 Å². The Morgan fingerprint density at radius 3 is 3.00 bits per heavy atom. The smallest absolute Gasteiger partial charge is 0.307 e. The monoisotopic (exact) mass is 369 g/mol. The zero-order chi connectivity index (χ0) is 19.2. The fourth-order valence-electron chi connectivity index (χ4n) is 2.32. The molecule has 1 amide bonds. The van der Waals surface area contributed by atoms with E-state index in [4.69, 9.17) is 4.74 Å². The second-order valence-corrected chi connectivity index (χ2v) is 5.39. The molecule has 0 aliphatic carbocycles. The van der Waals surface area contributed by atoms with Crippen LogP contribution in [0.2, 0.25) is 0 Å². The number of aromatic amines is 1. The maximum Gasteiger partial charge on any atom is 0.307 e. The summed E-state index contributed by atoms with van der Waals surface area (Å²) in [4.78, 5) is 22.0. The molecule has 1 aromatic carbocycles. The lowest BCUT2D eigenvalue weighted by molar-refractivity contribution is -0.385. The molecule has 3 rings (SSSR count). The highest BCUT2D eigenvalue weighted by atomic mass is 16.6. The summed E-state index contributed by atoms with van der Waals surface area (Å²) in [6.07, 6.45) is 5.46. The Hall–Kier alpha value is -4.02. The van der Waals surface area contributed by atoms with E-state index >= 15 is 0 Å². The molecule has 138 valence electrons. The van der Waals surface area contributed by atoms with Crippen molar-refractivity contribution >= 4 is 17.8 Å². The molecule has 0 bridgehead atoms. The maximum atomic E-state index is 11.8. The highest BCUT2D eigenvalue weighted by Gasteiger charge is 2.11. The van der Waals surface area contributed by atoms with Gasteiger partial charge >= 0.3 is 5.69 Å². The number of carbonyl (C=O) groups excluding carboxylic acids is 1. The van der Waals surface area contributed by atoms with Gasteiger partial charge in [0.25, 0.3) is 5.91 Å². The van der Waals surface area contributed by atoms with Crippen LogP contribution in [0.3, 0.4) is 0 Å². The highest BCUT2D eigenvalue weighted by Crippen LogP contribution is 2.21. The first-order valence-corrected chi connectivity index (χ1v) is 7.73. The van der Waals surface area contributed by atoms with Gasteiger partial charge in [-0.25, -0.2) is 5.43 Å². The van der Waals surface area contributed by atoms with E-state index in [9.17, 15) is 14.9 Å². The standard InChI is InChI=1S/C16H15N7O4/c1-27-15-3-2-11(7-18-21-16(24)14-4-5-17-20-14)6-12(15)9-22-10-13(8-19-22)23(25)26/h2-8,10H,9H2,1H3,(H,17,20)(H,21,24). The molecule has 0 aliphatic heterocycles. The van der Waals surface area contributed by atoms with Crippen molar-refractivity contribution in [1.82, 2.24) is 25.4 Å². The van der Waals surface area contributed by atoms with E-state index < -0.39 is 10.8 Å². The lowest BCUT2D eigenvalue weighted by atomic mass is 10.1. The fourth-order valence-corrected chi connectivity index (χ4v) is 2.32. The van der Waals surface area contributed by atoms with E-state index in [-0.39, 0.29) is 12.2 Å². The van der Waals surface area contributed by atoms with Crippen molar-refractivity contribution in [3.63, 3.8) is 0 Å². The third-order valence-electron chi connectivity index (χ3n) is 3.59. The summed E-state index contributed by atoms with van der Waals surface area (Å²) >= 11 is 0. The molecule has 11 nitrogen and oxygen atoms in total. The number of hydrogen-bond acceptors (Lipinski definition) is 7. The number of methoxy groups -OCH3 is 1. The minimum absolute atomic E-state index is 0.0896. The molecule has 0 saturated carbocycles. The number of hydrazone groups is 1. The molecule has 0 aliphatic rings. The first kappa shape index (κ1) is 17.8. The summed E-state index contributed by atoms with van der Waals surface area (Å²) in [6, 6.07) is 6.82. The number of ether oxygens (including phenoxy) is 1. The first-order valence-electron chi connectivity index (χ1n) is 7.73. The minimum Gasteiger partial charge on any atom is -0.496 e. The zero-order valence-electron chi connectivity index (χ0n) is 14.2. The fraction of sp³-hybridized carbons (Fsp3) is 0.125. The van der Waals surface area contributed by atoms with Crippen molar-refractivity contribution in [2.45, 2.75) is 6.54 Å². The summed E-state index contributed by atoms with van der Waals surface area (Å²) in [5.74, 6) is 0.188. The van der Waals surface area contributed by atoms with Crippen LogP contribution in [0.15, 0.2) is 48.0 Å². The number of benzene rings is 1. The maximum absolute atomic E-state index is 11.8. The van der Waals surface area contributed by atoms with Gasteiger partial charge in [-0.05, 0) is 29.8 Å². The molecular weight excluding hydrogens is 354 g/mol. The molecule has 0 unspecified atom stereocenters. The highest BCUT2D eigenvalue weighted by molar-refractivity contribution is 5.93. The van der Waals surface area contributed by atoms with E-state index in [0.717, 1.165) is 5.56 Å². The van der Waals surface area contributed by atoms with E-state index in [1.165, 1.54) is 42.7 Å². The van der Waals surface area contributed by atoms with Crippen LogP contribution >= 0.6 is 0 Å². The Morgan fingerprint density at radius 2 is 2.33 bits per heavy atom. The normalized spacial score (nSPS) is 10.9. The van der Waals surface area contributed by atoms with Gasteiger partial charge in [0, 0.05) is 11.8 Å². The second kappa shape index (κ2) is 7.91. The molecule has 0 fully saturated rings. The van der Waals surface area contributed by atoms with E-state index in [1.807, 2.05) is 0 Å². The van der Waals surface area contributed by atoms with Crippen LogP contribution in [0.5, 0.6) is 5.75 Å². The van der Waals surface area contributed by atoms with E-state index in [1.54, 1.807) is 18.2 Å². The number of amides is 1. The van der Waals surface area contributed by atoms with Gasteiger partial charge in [-0.2, -0.15) is 15.3 Å². The molecule has 27 heavy (non-hydrogen) atoms. The molecule has 2 aromatic heterocycles. The minimum atomic E-state index is -0.508. The second-order valence-electron chi connectivity index (χ2n) is 5.39. The molecule has 3 aromatic rings. The van der Waals surface area contributed by atoms with Gasteiger partial charge in [0.15, 0.2) is 0 Å². The number of H-pyrrole nitrogens is 1. The zero-order valence-corrected chi connectivity index (χ0v) is 14.2. The molecule has 2 heterocycles.